The second-order valence-electron chi connectivity index (χ2n) is 5.59. The van der Waals surface area contributed by atoms with Gasteiger partial charge < -0.3 is 10.1 Å². The molecule has 1 saturated carbocycles. The van der Waals surface area contributed by atoms with Gasteiger partial charge >= 0.3 is 5.97 Å². The van der Waals surface area contributed by atoms with E-state index in [4.69, 9.17) is 4.74 Å². The molecule has 2 aliphatic rings. The van der Waals surface area contributed by atoms with Gasteiger partial charge in [0, 0.05) is 16.3 Å². The highest BCUT2D eigenvalue weighted by Crippen LogP contribution is 2.30. The second kappa shape index (κ2) is 5.56. The van der Waals surface area contributed by atoms with Crippen molar-refractivity contribution in [2.24, 2.45) is 0 Å². The van der Waals surface area contributed by atoms with Gasteiger partial charge in [-0.15, -0.1) is 11.3 Å². The molecule has 2 aliphatic carbocycles. The smallest absolute Gasteiger partial charge is 0.340 e. The highest BCUT2D eigenvalue weighted by molar-refractivity contribution is 7.10. The SMILES string of the molecule is C[C@@H](OC(=O)c1csc2c1CCCC2)C(=O)NC1CC1. The van der Waals surface area contributed by atoms with Crippen molar-refractivity contribution in [3.8, 4) is 0 Å². The summed E-state index contributed by atoms with van der Waals surface area (Å²) in [4.78, 5) is 25.3. The van der Waals surface area contributed by atoms with Gasteiger partial charge in [-0.25, -0.2) is 4.79 Å². The first kappa shape index (κ1) is 13.6. The Morgan fingerprint density at radius 3 is 2.85 bits per heavy atom. The summed E-state index contributed by atoms with van der Waals surface area (Å²) in [5.74, 6) is -0.548. The van der Waals surface area contributed by atoms with E-state index in [1.54, 1.807) is 18.3 Å². The zero-order valence-electron chi connectivity index (χ0n) is 11.6. The molecule has 108 valence electrons. The van der Waals surface area contributed by atoms with E-state index in [0.717, 1.165) is 37.7 Å². The minimum absolute atomic E-state index is 0.190. The molecule has 5 heteroatoms. The first-order valence-corrected chi connectivity index (χ1v) is 8.13. The lowest BCUT2D eigenvalue weighted by atomic mass is 9.96. The summed E-state index contributed by atoms with van der Waals surface area (Å²) < 4.78 is 5.31. The van der Waals surface area contributed by atoms with Crippen LogP contribution in [0.4, 0.5) is 0 Å². The van der Waals surface area contributed by atoms with E-state index in [0.29, 0.717) is 5.56 Å². The fourth-order valence-corrected chi connectivity index (χ4v) is 3.60. The van der Waals surface area contributed by atoms with E-state index in [2.05, 4.69) is 5.32 Å². The molecule has 1 aromatic rings. The van der Waals surface area contributed by atoms with Crippen LogP contribution in [0.3, 0.4) is 0 Å². The molecule has 1 N–H and O–H groups in total. The fraction of sp³-hybridized carbons (Fsp3) is 0.600. The first-order valence-electron chi connectivity index (χ1n) is 7.25. The maximum Gasteiger partial charge on any atom is 0.340 e. The normalized spacial score (nSPS) is 19.1. The lowest BCUT2D eigenvalue weighted by molar-refractivity contribution is -0.129. The molecule has 0 bridgehead atoms. The zero-order valence-corrected chi connectivity index (χ0v) is 12.4. The van der Waals surface area contributed by atoms with Crippen LogP contribution >= 0.6 is 11.3 Å². The molecule has 1 aromatic heterocycles. The standard InChI is InChI=1S/C15H19NO3S/c1-9(14(17)16-10-6-7-10)19-15(18)12-8-20-13-5-3-2-4-11(12)13/h8-10H,2-7H2,1H3,(H,16,17)/t9-/m1/s1. The van der Waals surface area contributed by atoms with Crippen molar-refractivity contribution in [1.29, 1.82) is 0 Å². The van der Waals surface area contributed by atoms with Crippen LogP contribution in [0.15, 0.2) is 5.38 Å². The Morgan fingerprint density at radius 2 is 2.10 bits per heavy atom. The first-order chi connectivity index (χ1) is 9.65. The largest absolute Gasteiger partial charge is 0.449 e. The Labute approximate surface area is 122 Å². The summed E-state index contributed by atoms with van der Waals surface area (Å²) in [5.41, 5.74) is 1.80. The predicted octanol–water partition coefficient (Wildman–Crippen LogP) is 2.45. The van der Waals surface area contributed by atoms with Crippen LogP contribution < -0.4 is 5.32 Å². The number of ether oxygens (including phenoxy) is 1. The van der Waals surface area contributed by atoms with Crippen LogP contribution in [0.2, 0.25) is 0 Å². The van der Waals surface area contributed by atoms with E-state index in [9.17, 15) is 9.59 Å². The van der Waals surface area contributed by atoms with Gasteiger partial charge in [-0.1, -0.05) is 0 Å². The van der Waals surface area contributed by atoms with Gasteiger partial charge in [0.2, 0.25) is 0 Å². The highest BCUT2D eigenvalue weighted by Gasteiger charge is 2.28. The molecular formula is C15H19NO3S. The molecule has 1 fully saturated rings. The zero-order chi connectivity index (χ0) is 14.1. The van der Waals surface area contributed by atoms with Gasteiger partial charge in [-0.2, -0.15) is 0 Å². The fourth-order valence-electron chi connectivity index (χ4n) is 2.49. The Balaban J connectivity index is 1.63. The summed E-state index contributed by atoms with van der Waals surface area (Å²) in [6.45, 7) is 1.63. The third-order valence-electron chi connectivity index (χ3n) is 3.86. The van der Waals surface area contributed by atoms with Gasteiger partial charge in [0.05, 0.1) is 5.56 Å². The van der Waals surface area contributed by atoms with Crippen molar-refractivity contribution in [1.82, 2.24) is 5.32 Å². The van der Waals surface area contributed by atoms with Gasteiger partial charge in [0.25, 0.3) is 5.91 Å². The maximum absolute atomic E-state index is 12.2. The highest BCUT2D eigenvalue weighted by atomic mass is 32.1. The quantitative estimate of drug-likeness (QED) is 0.868. The number of thiophene rings is 1. The molecule has 3 rings (SSSR count). The van der Waals surface area contributed by atoms with E-state index in [1.165, 1.54) is 11.3 Å². The molecule has 20 heavy (non-hydrogen) atoms. The van der Waals surface area contributed by atoms with Gasteiger partial charge in [0.1, 0.15) is 0 Å². The monoisotopic (exact) mass is 293 g/mol. The van der Waals surface area contributed by atoms with Crippen LogP contribution in [0.5, 0.6) is 0 Å². The number of esters is 1. The van der Waals surface area contributed by atoms with E-state index in [1.807, 2.05) is 5.38 Å². The van der Waals surface area contributed by atoms with Crippen molar-refractivity contribution in [2.45, 2.75) is 57.6 Å². The Hall–Kier alpha value is -1.36. The Bertz CT molecular complexity index is 533. The molecule has 1 amide bonds. The number of aryl methyl sites for hydroxylation is 1. The number of hydrogen-bond acceptors (Lipinski definition) is 4. The summed E-state index contributed by atoms with van der Waals surface area (Å²) >= 11 is 1.64. The summed E-state index contributed by atoms with van der Waals surface area (Å²) in [7, 11) is 0. The molecule has 0 radical (unpaired) electrons. The summed E-state index contributed by atoms with van der Waals surface area (Å²) in [6, 6.07) is 0.289. The molecule has 0 unspecified atom stereocenters. The van der Waals surface area contributed by atoms with Crippen LogP contribution in [0, 0.1) is 0 Å². The predicted molar refractivity (Wildman–Crippen MR) is 77.0 cm³/mol. The van der Waals surface area contributed by atoms with Crippen molar-refractivity contribution >= 4 is 23.2 Å². The van der Waals surface area contributed by atoms with Gasteiger partial charge in [0.15, 0.2) is 6.10 Å². The number of carbonyl (C=O) groups excluding carboxylic acids is 2. The average Bonchev–Trinajstić information content (AvgIpc) is 3.14. The van der Waals surface area contributed by atoms with Gasteiger partial charge in [-0.3, -0.25) is 4.79 Å². The Morgan fingerprint density at radius 1 is 1.35 bits per heavy atom. The molecule has 0 saturated heterocycles. The van der Waals surface area contributed by atoms with Crippen LogP contribution in [0.25, 0.3) is 0 Å². The number of nitrogens with one attached hydrogen (secondary N) is 1. The van der Waals surface area contributed by atoms with Gasteiger partial charge in [-0.05, 0) is 51.0 Å². The Kier molecular flexibility index (Phi) is 3.78. The molecule has 0 aliphatic heterocycles. The molecule has 1 atom stereocenters. The van der Waals surface area contributed by atoms with Crippen LogP contribution in [-0.2, 0) is 22.4 Å². The van der Waals surface area contributed by atoms with Crippen molar-refractivity contribution in [3.63, 3.8) is 0 Å². The van der Waals surface area contributed by atoms with E-state index < -0.39 is 6.10 Å². The lowest BCUT2D eigenvalue weighted by Gasteiger charge is -2.15. The van der Waals surface area contributed by atoms with Crippen molar-refractivity contribution < 1.29 is 14.3 Å². The molecule has 0 spiro atoms. The average molecular weight is 293 g/mol. The summed E-state index contributed by atoms with van der Waals surface area (Å²) in [6.07, 6.45) is 5.68. The van der Waals surface area contributed by atoms with Crippen molar-refractivity contribution in [2.75, 3.05) is 0 Å². The minimum Gasteiger partial charge on any atom is -0.449 e. The minimum atomic E-state index is -0.720. The third kappa shape index (κ3) is 2.87. The van der Waals surface area contributed by atoms with E-state index >= 15 is 0 Å². The molecule has 4 nitrogen and oxygen atoms in total. The molecule has 0 aromatic carbocycles. The number of amides is 1. The maximum atomic E-state index is 12.2. The van der Waals surface area contributed by atoms with Crippen LogP contribution in [-0.4, -0.2) is 24.0 Å². The van der Waals surface area contributed by atoms with Crippen LogP contribution in [0.1, 0.15) is 53.4 Å². The number of carbonyl (C=O) groups is 2. The van der Waals surface area contributed by atoms with Crippen molar-refractivity contribution in [3.05, 3.63) is 21.4 Å². The molecular weight excluding hydrogens is 274 g/mol. The number of fused-ring (bicyclic) bond motifs is 1. The third-order valence-corrected chi connectivity index (χ3v) is 4.95. The lowest BCUT2D eigenvalue weighted by Crippen LogP contribution is -2.37. The summed E-state index contributed by atoms with van der Waals surface area (Å²) in [5, 5.41) is 4.73. The van der Waals surface area contributed by atoms with E-state index in [-0.39, 0.29) is 17.9 Å². The topological polar surface area (TPSA) is 55.4 Å². The number of rotatable bonds is 4. The second-order valence-corrected chi connectivity index (χ2v) is 6.55. The molecule has 1 heterocycles. The number of hydrogen-bond donors (Lipinski definition) is 1.